The Bertz CT molecular complexity index is 372. The van der Waals surface area contributed by atoms with Crippen molar-refractivity contribution in [2.24, 2.45) is 0 Å². The van der Waals surface area contributed by atoms with Crippen molar-refractivity contribution < 1.29 is 0 Å². The van der Waals surface area contributed by atoms with E-state index in [1.165, 1.54) is 37.8 Å². The number of thioether (sulfide) groups is 1. The molecule has 0 radical (unpaired) electrons. The molecule has 3 rings (SSSR count). The van der Waals surface area contributed by atoms with E-state index in [2.05, 4.69) is 21.1 Å². The molecule has 17 heavy (non-hydrogen) atoms. The minimum absolute atomic E-state index is 0.718. The number of hydrogen-bond acceptors (Lipinski definition) is 3. The van der Waals surface area contributed by atoms with Crippen molar-refractivity contribution in [2.75, 3.05) is 6.26 Å². The molecule has 2 atom stereocenters. The van der Waals surface area contributed by atoms with Gasteiger partial charge in [-0.25, -0.2) is 4.98 Å². The van der Waals surface area contributed by atoms with Gasteiger partial charge in [0.1, 0.15) is 0 Å². The van der Waals surface area contributed by atoms with Gasteiger partial charge in [-0.2, -0.15) is 11.8 Å². The number of nitrogens with one attached hydrogen (secondary N) is 1. The fourth-order valence-corrected chi connectivity index (χ4v) is 3.54. The number of nitrogens with zero attached hydrogens (tertiary/aromatic N) is 2. The summed E-state index contributed by atoms with van der Waals surface area (Å²) < 4.78 is 2.36. The summed E-state index contributed by atoms with van der Waals surface area (Å²) in [6, 6.07) is 1.46. The first-order chi connectivity index (χ1) is 8.36. The van der Waals surface area contributed by atoms with E-state index in [0.29, 0.717) is 0 Å². The maximum Gasteiger partial charge on any atom is 0.0951 e. The monoisotopic (exact) mass is 251 g/mol. The lowest BCUT2D eigenvalue weighted by molar-refractivity contribution is 0.508. The van der Waals surface area contributed by atoms with Crippen molar-refractivity contribution in [1.29, 1.82) is 0 Å². The maximum absolute atomic E-state index is 4.28. The summed E-state index contributed by atoms with van der Waals surface area (Å²) in [5.41, 5.74) is 1.36. The van der Waals surface area contributed by atoms with E-state index in [4.69, 9.17) is 0 Å². The zero-order chi connectivity index (χ0) is 11.7. The van der Waals surface area contributed by atoms with Gasteiger partial charge in [-0.15, -0.1) is 0 Å². The predicted molar refractivity (Wildman–Crippen MR) is 72.3 cm³/mol. The molecule has 0 bridgehead atoms. The van der Waals surface area contributed by atoms with Crippen molar-refractivity contribution in [3.05, 3.63) is 18.2 Å². The summed E-state index contributed by atoms with van der Waals surface area (Å²) in [5, 5.41) is 4.57. The lowest BCUT2D eigenvalue weighted by atomic mass is 10.2. The van der Waals surface area contributed by atoms with E-state index >= 15 is 0 Å². The summed E-state index contributed by atoms with van der Waals surface area (Å²) in [6.45, 7) is 0.988. The van der Waals surface area contributed by atoms with Gasteiger partial charge in [0.2, 0.25) is 0 Å². The predicted octanol–water partition coefficient (Wildman–Crippen LogP) is 2.59. The second-order valence-electron chi connectivity index (χ2n) is 5.27. The standard InChI is InChI=1S/C13H21N3S/c1-17-13-5-2-10(6-13)15-8-12-7-14-9-16(12)11-3-4-11/h7,9-11,13,15H,2-6,8H2,1H3. The lowest BCUT2D eigenvalue weighted by Crippen LogP contribution is -2.27. The first kappa shape index (κ1) is 11.6. The van der Waals surface area contributed by atoms with Gasteiger partial charge in [0.25, 0.3) is 0 Å². The Morgan fingerprint density at radius 2 is 2.29 bits per heavy atom. The summed E-state index contributed by atoms with van der Waals surface area (Å²) in [6.07, 6.45) is 13.0. The molecule has 0 aliphatic heterocycles. The van der Waals surface area contributed by atoms with Crippen molar-refractivity contribution in [3.8, 4) is 0 Å². The van der Waals surface area contributed by atoms with Gasteiger partial charge >= 0.3 is 0 Å². The van der Waals surface area contributed by atoms with Crippen LogP contribution in [0.2, 0.25) is 0 Å². The lowest BCUT2D eigenvalue weighted by Gasteiger charge is -2.13. The highest BCUT2D eigenvalue weighted by Gasteiger charge is 2.26. The summed E-state index contributed by atoms with van der Waals surface area (Å²) >= 11 is 2.02. The second-order valence-corrected chi connectivity index (χ2v) is 6.41. The van der Waals surface area contributed by atoms with Crippen LogP contribution < -0.4 is 5.32 Å². The average molecular weight is 251 g/mol. The summed E-state index contributed by atoms with van der Waals surface area (Å²) in [4.78, 5) is 4.28. The Morgan fingerprint density at radius 1 is 1.41 bits per heavy atom. The normalized spacial score (nSPS) is 28.8. The van der Waals surface area contributed by atoms with Crippen molar-refractivity contribution in [1.82, 2.24) is 14.9 Å². The molecule has 1 heterocycles. The summed E-state index contributed by atoms with van der Waals surface area (Å²) in [5.74, 6) is 0. The van der Waals surface area contributed by atoms with Crippen molar-refractivity contribution in [3.63, 3.8) is 0 Å². The molecule has 0 saturated heterocycles. The van der Waals surface area contributed by atoms with Gasteiger partial charge in [-0.05, 0) is 38.4 Å². The largest absolute Gasteiger partial charge is 0.330 e. The van der Waals surface area contributed by atoms with Crippen LogP contribution in [0.5, 0.6) is 0 Å². The molecular formula is C13H21N3S. The van der Waals surface area contributed by atoms with Crippen molar-refractivity contribution in [2.45, 2.75) is 56.0 Å². The molecule has 4 heteroatoms. The molecule has 2 unspecified atom stereocenters. The minimum atomic E-state index is 0.718. The van der Waals surface area contributed by atoms with E-state index in [9.17, 15) is 0 Å². The molecular weight excluding hydrogens is 230 g/mol. The highest BCUT2D eigenvalue weighted by molar-refractivity contribution is 7.99. The molecule has 3 nitrogen and oxygen atoms in total. The van der Waals surface area contributed by atoms with Gasteiger partial charge in [0, 0.05) is 30.1 Å². The van der Waals surface area contributed by atoms with Crippen LogP contribution in [0.15, 0.2) is 12.5 Å². The molecule has 0 spiro atoms. The molecule has 1 aromatic rings. The Kier molecular flexibility index (Phi) is 3.43. The van der Waals surface area contributed by atoms with Gasteiger partial charge in [0.05, 0.1) is 12.0 Å². The van der Waals surface area contributed by atoms with Crippen LogP contribution in [0.25, 0.3) is 0 Å². The third-order valence-corrected chi connectivity index (χ3v) is 5.07. The number of rotatable bonds is 5. The van der Waals surface area contributed by atoms with E-state index in [1.807, 2.05) is 24.3 Å². The Labute approximate surface area is 107 Å². The van der Waals surface area contributed by atoms with Gasteiger partial charge < -0.3 is 9.88 Å². The van der Waals surface area contributed by atoms with Crippen LogP contribution in [0.1, 0.15) is 43.8 Å². The SMILES string of the molecule is CSC1CCC(NCc2cncn2C2CC2)C1. The molecule has 2 fully saturated rings. The van der Waals surface area contributed by atoms with Crippen LogP contribution in [0, 0.1) is 0 Å². The molecule has 1 aromatic heterocycles. The Morgan fingerprint density at radius 3 is 3.00 bits per heavy atom. The summed E-state index contributed by atoms with van der Waals surface area (Å²) in [7, 11) is 0. The van der Waals surface area contributed by atoms with Crippen molar-refractivity contribution >= 4 is 11.8 Å². The molecule has 2 aliphatic rings. The van der Waals surface area contributed by atoms with Crippen LogP contribution in [-0.2, 0) is 6.54 Å². The zero-order valence-electron chi connectivity index (χ0n) is 10.4. The molecule has 1 N–H and O–H groups in total. The topological polar surface area (TPSA) is 29.9 Å². The minimum Gasteiger partial charge on any atom is -0.330 e. The van der Waals surface area contributed by atoms with E-state index in [-0.39, 0.29) is 0 Å². The van der Waals surface area contributed by atoms with E-state index < -0.39 is 0 Å². The third kappa shape index (κ3) is 2.68. The smallest absolute Gasteiger partial charge is 0.0951 e. The van der Waals surface area contributed by atoms with Crippen LogP contribution in [-0.4, -0.2) is 27.1 Å². The quantitative estimate of drug-likeness (QED) is 0.872. The second kappa shape index (κ2) is 5.02. The van der Waals surface area contributed by atoms with E-state index in [1.54, 1.807) is 0 Å². The first-order valence-electron chi connectivity index (χ1n) is 6.63. The number of aromatic nitrogens is 2. The third-order valence-electron chi connectivity index (χ3n) is 3.98. The zero-order valence-corrected chi connectivity index (χ0v) is 11.2. The fraction of sp³-hybridized carbons (Fsp3) is 0.769. The van der Waals surface area contributed by atoms with Gasteiger partial charge in [-0.1, -0.05) is 0 Å². The molecule has 2 aliphatic carbocycles. The first-order valence-corrected chi connectivity index (χ1v) is 7.92. The number of imidazole rings is 1. The highest BCUT2D eigenvalue weighted by atomic mass is 32.2. The van der Waals surface area contributed by atoms with Crippen LogP contribution in [0.3, 0.4) is 0 Å². The van der Waals surface area contributed by atoms with Crippen LogP contribution >= 0.6 is 11.8 Å². The molecule has 0 amide bonds. The Hall–Kier alpha value is -0.480. The average Bonchev–Trinajstić information content (AvgIpc) is 2.93. The highest BCUT2D eigenvalue weighted by Crippen LogP contribution is 2.35. The maximum atomic E-state index is 4.28. The fourth-order valence-electron chi connectivity index (χ4n) is 2.74. The molecule has 2 saturated carbocycles. The molecule has 94 valence electrons. The van der Waals surface area contributed by atoms with E-state index in [0.717, 1.165) is 23.9 Å². The van der Waals surface area contributed by atoms with Crippen LogP contribution in [0.4, 0.5) is 0 Å². The van der Waals surface area contributed by atoms with Gasteiger partial charge in [0.15, 0.2) is 0 Å². The Balaban J connectivity index is 1.52. The molecule has 0 aromatic carbocycles. The van der Waals surface area contributed by atoms with Gasteiger partial charge in [-0.3, -0.25) is 0 Å². The number of hydrogen-bond donors (Lipinski definition) is 1.